The summed E-state index contributed by atoms with van der Waals surface area (Å²) in [7, 11) is 0. The summed E-state index contributed by atoms with van der Waals surface area (Å²) in [5.41, 5.74) is -0.449. The van der Waals surface area contributed by atoms with Crippen molar-refractivity contribution in [3.8, 4) is 5.75 Å². The van der Waals surface area contributed by atoms with Gasteiger partial charge >= 0.3 is 35.5 Å². The second-order valence-electron chi connectivity index (χ2n) is 3.95. The van der Waals surface area contributed by atoms with E-state index in [-0.39, 0.29) is 35.5 Å². The summed E-state index contributed by atoms with van der Waals surface area (Å²) in [6, 6.07) is 9.10. The molecule has 0 spiro atoms. The first-order valence-corrected chi connectivity index (χ1v) is 4.27. The Morgan fingerprint density at radius 3 is 2.07 bits per heavy atom. The monoisotopic (exact) mass is 202 g/mol. The number of esters is 1. The van der Waals surface area contributed by atoms with Crippen molar-refractivity contribution in [3.05, 3.63) is 30.3 Å². The Hall–Kier alpha value is -0.310. The molecule has 0 aliphatic heterocycles. The van der Waals surface area contributed by atoms with Crippen LogP contribution in [0, 0.1) is 5.41 Å². The van der Waals surface area contributed by atoms with E-state index in [1.807, 2.05) is 39.0 Å². The first kappa shape index (κ1) is 13.7. The van der Waals surface area contributed by atoms with E-state index < -0.39 is 5.41 Å². The fourth-order valence-electron chi connectivity index (χ4n) is 0.749. The maximum absolute atomic E-state index is 11.4. The van der Waals surface area contributed by atoms with Crippen LogP contribution in [0.4, 0.5) is 0 Å². The number of carbonyl (C=O) groups is 1. The summed E-state index contributed by atoms with van der Waals surface area (Å²) in [4.78, 5) is 11.4. The molecule has 0 saturated heterocycles. The predicted molar refractivity (Wildman–Crippen MR) is 58.7 cm³/mol. The van der Waals surface area contributed by atoms with Crippen LogP contribution in [0.1, 0.15) is 20.8 Å². The molecule has 0 fully saturated rings. The summed E-state index contributed by atoms with van der Waals surface area (Å²) < 4.78 is 5.14. The zero-order chi connectivity index (χ0) is 9.90. The van der Waals surface area contributed by atoms with Crippen LogP contribution < -0.4 is 4.74 Å². The standard InChI is InChI=1S/C11H14O2.Na.H/c1-11(2,3)10(12)13-9-7-5-4-6-8-9;;/h4-8H,1-3H3;;. The van der Waals surface area contributed by atoms with Gasteiger partial charge in [-0.25, -0.2) is 0 Å². The minimum atomic E-state index is -0.449. The molecule has 14 heavy (non-hydrogen) atoms. The van der Waals surface area contributed by atoms with Gasteiger partial charge in [-0.3, -0.25) is 4.79 Å². The van der Waals surface area contributed by atoms with Crippen LogP contribution in [0.5, 0.6) is 5.75 Å². The Morgan fingerprint density at radius 2 is 1.64 bits per heavy atom. The minimum absolute atomic E-state index is 0. The number of hydrogen-bond donors (Lipinski definition) is 0. The second kappa shape index (κ2) is 5.54. The Bertz CT molecular complexity index is 288. The molecule has 0 atom stereocenters. The molecule has 0 radical (unpaired) electrons. The van der Waals surface area contributed by atoms with Crippen LogP contribution in [0.25, 0.3) is 0 Å². The molecule has 0 N–H and O–H groups in total. The molecule has 0 aromatic heterocycles. The van der Waals surface area contributed by atoms with Crippen molar-refractivity contribution < 1.29 is 9.53 Å². The average Bonchev–Trinajstić information content (AvgIpc) is 2.04. The quantitative estimate of drug-likeness (QED) is 0.395. The summed E-state index contributed by atoms with van der Waals surface area (Å²) in [6.45, 7) is 5.49. The third kappa shape index (κ3) is 4.27. The average molecular weight is 202 g/mol. The Morgan fingerprint density at radius 1 is 1.14 bits per heavy atom. The van der Waals surface area contributed by atoms with Crippen molar-refractivity contribution in [2.24, 2.45) is 5.41 Å². The van der Waals surface area contributed by atoms with Crippen LogP contribution in [0.2, 0.25) is 0 Å². The van der Waals surface area contributed by atoms with Crippen LogP contribution in [-0.4, -0.2) is 35.5 Å². The van der Waals surface area contributed by atoms with Crippen LogP contribution in [-0.2, 0) is 4.79 Å². The van der Waals surface area contributed by atoms with Gasteiger partial charge in [0.2, 0.25) is 0 Å². The van der Waals surface area contributed by atoms with E-state index >= 15 is 0 Å². The topological polar surface area (TPSA) is 26.3 Å². The molecule has 3 heteroatoms. The molecular weight excluding hydrogens is 187 g/mol. The second-order valence-corrected chi connectivity index (χ2v) is 3.95. The van der Waals surface area contributed by atoms with Crippen molar-refractivity contribution in [2.45, 2.75) is 20.8 Å². The van der Waals surface area contributed by atoms with Crippen LogP contribution >= 0.6 is 0 Å². The van der Waals surface area contributed by atoms with Gasteiger partial charge in [-0.2, -0.15) is 0 Å². The molecule has 0 unspecified atom stereocenters. The predicted octanol–water partition coefficient (Wildman–Crippen LogP) is 1.99. The molecule has 72 valence electrons. The van der Waals surface area contributed by atoms with Crippen molar-refractivity contribution in [1.82, 2.24) is 0 Å². The summed E-state index contributed by atoms with van der Waals surface area (Å²) >= 11 is 0. The molecule has 2 nitrogen and oxygen atoms in total. The summed E-state index contributed by atoms with van der Waals surface area (Å²) in [6.07, 6.45) is 0. The van der Waals surface area contributed by atoms with Gasteiger partial charge in [-0.1, -0.05) is 18.2 Å². The number of hydrogen-bond acceptors (Lipinski definition) is 2. The van der Waals surface area contributed by atoms with Gasteiger partial charge in [-0.15, -0.1) is 0 Å². The summed E-state index contributed by atoms with van der Waals surface area (Å²) in [5.74, 6) is 0.390. The number of benzene rings is 1. The molecule has 0 heterocycles. The SMILES string of the molecule is CC(C)(C)C(=O)Oc1ccccc1.[NaH]. The normalized spacial score (nSPS) is 10.2. The van der Waals surface area contributed by atoms with E-state index in [1.54, 1.807) is 12.1 Å². The van der Waals surface area contributed by atoms with Gasteiger partial charge in [0.15, 0.2) is 0 Å². The third-order valence-electron chi connectivity index (χ3n) is 1.57. The van der Waals surface area contributed by atoms with Crippen LogP contribution in [0.3, 0.4) is 0 Å². The zero-order valence-corrected chi connectivity index (χ0v) is 8.20. The van der Waals surface area contributed by atoms with E-state index in [1.165, 1.54) is 0 Å². The molecule has 1 aromatic rings. The van der Waals surface area contributed by atoms with Crippen molar-refractivity contribution >= 4 is 35.5 Å². The van der Waals surface area contributed by atoms with Crippen molar-refractivity contribution in [1.29, 1.82) is 0 Å². The number of ether oxygens (including phenoxy) is 1. The third-order valence-corrected chi connectivity index (χ3v) is 1.57. The Kier molecular flexibility index (Phi) is 5.42. The van der Waals surface area contributed by atoms with Crippen molar-refractivity contribution in [2.75, 3.05) is 0 Å². The molecule has 1 rings (SSSR count). The number of rotatable bonds is 1. The molecule has 1 aromatic carbocycles. The Balaban J connectivity index is 0.00000169. The molecule has 0 aliphatic carbocycles. The molecule has 0 bridgehead atoms. The zero-order valence-electron chi connectivity index (χ0n) is 8.20. The van der Waals surface area contributed by atoms with E-state index in [2.05, 4.69) is 0 Å². The van der Waals surface area contributed by atoms with Crippen molar-refractivity contribution in [3.63, 3.8) is 0 Å². The first-order valence-electron chi connectivity index (χ1n) is 4.27. The maximum atomic E-state index is 11.4. The molecule has 0 saturated carbocycles. The van der Waals surface area contributed by atoms with Gasteiger partial charge in [0.25, 0.3) is 0 Å². The van der Waals surface area contributed by atoms with Gasteiger partial charge in [-0.05, 0) is 32.9 Å². The van der Waals surface area contributed by atoms with E-state index in [0.29, 0.717) is 5.75 Å². The van der Waals surface area contributed by atoms with Gasteiger partial charge in [0, 0.05) is 0 Å². The molecular formula is C11H15NaO2. The number of carbonyl (C=O) groups excluding carboxylic acids is 1. The van der Waals surface area contributed by atoms with E-state index in [0.717, 1.165) is 0 Å². The van der Waals surface area contributed by atoms with Crippen LogP contribution in [0.15, 0.2) is 30.3 Å². The molecule has 0 aliphatic rings. The Labute approximate surface area is 107 Å². The summed E-state index contributed by atoms with van der Waals surface area (Å²) in [5, 5.41) is 0. The van der Waals surface area contributed by atoms with Gasteiger partial charge < -0.3 is 4.74 Å². The number of para-hydroxylation sites is 1. The molecule has 0 amide bonds. The van der Waals surface area contributed by atoms with E-state index in [9.17, 15) is 4.79 Å². The van der Waals surface area contributed by atoms with Gasteiger partial charge in [0.05, 0.1) is 5.41 Å². The fraction of sp³-hybridized carbons (Fsp3) is 0.364. The van der Waals surface area contributed by atoms with Gasteiger partial charge in [0.1, 0.15) is 5.75 Å². The first-order chi connectivity index (χ1) is 6.00. The fourth-order valence-corrected chi connectivity index (χ4v) is 0.749. The van der Waals surface area contributed by atoms with E-state index in [4.69, 9.17) is 4.74 Å².